The van der Waals surface area contributed by atoms with Crippen molar-refractivity contribution in [3.63, 3.8) is 0 Å². The number of aliphatic hydroxyl groups is 1. The normalized spacial score (nSPS) is 23.3. The molecule has 1 aromatic heterocycles. The molecule has 2 unspecified atom stereocenters. The predicted molar refractivity (Wildman–Crippen MR) is 86.0 cm³/mol. The molecular weight excluding hydrogens is 338 g/mol. The Morgan fingerprint density at radius 3 is 2.90 bits per heavy atom. The SMILES string of the molecule is O=C(CCCc1ccc(Br)s1)NC1CCCCCC1O. The van der Waals surface area contributed by atoms with Crippen LogP contribution in [0.25, 0.3) is 0 Å². The molecule has 2 atom stereocenters. The van der Waals surface area contributed by atoms with Crippen LogP contribution in [-0.4, -0.2) is 23.2 Å². The Labute approximate surface area is 132 Å². The molecule has 1 heterocycles. The maximum Gasteiger partial charge on any atom is 0.220 e. The summed E-state index contributed by atoms with van der Waals surface area (Å²) in [6.45, 7) is 0. The molecule has 1 amide bonds. The van der Waals surface area contributed by atoms with Crippen LogP contribution in [0.15, 0.2) is 15.9 Å². The van der Waals surface area contributed by atoms with Crippen LogP contribution in [0.1, 0.15) is 49.8 Å². The monoisotopic (exact) mass is 359 g/mol. The van der Waals surface area contributed by atoms with Gasteiger partial charge in [-0.25, -0.2) is 0 Å². The van der Waals surface area contributed by atoms with Gasteiger partial charge in [0.2, 0.25) is 5.91 Å². The molecule has 3 nitrogen and oxygen atoms in total. The van der Waals surface area contributed by atoms with Crippen LogP contribution in [0, 0.1) is 0 Å². The summed E-state index contributed by atoms with van der Waals surface area (Å²) in [6, 6.07) is 4.10. The zero-order valence-corrected chi connectivity index (χ0v) is 14.0. The molecule has 1 aliphatic rings. The number of aryl methyl sites for hydroxylation is 1. The van der Waals surface area contributed by atoms with E-state index >= 15 is 0 Å². The molecule has 0 bridgehead atoms. The van der Waals surface area contributed by atoms with Gasteiger partial charge in [0.05, 0.1) is 15.9 Å². The highest BCUT2D eigenvalue weighted by Gasteiger charge is 2.22. The topological polar surface area (TPSA) is 49.3 Å². The third-order valence-electron chi connectivity index (χ3n) is 3.78. The summed E-state index contributed by atoms with van der Waals surface area (Å²) in [6.07, 6.45) is 7.04. The van der Waals surface area contributed by atoms with Crippen molar-refractivity contribution in [2.45, 2.75) is 63.5 Å². The summed E-state index contributed by atoms with van der Waals surface area (Å²) in [5.74, 6) is 0.0755. The van der Waals surface area contributed by atoms with Crippen molar-refractivity contribution in [3.8, 4) is 0 Å². The van der Waals surface area contributed by atoms with Gasteiger partial charge in [-0.05, 0) is 53.7 Å². The summed E-state index contributed by atoms with van der Waals surface area (Å²) in [5.41, 5.74) is 0. The van der Waals surface area contributed by atoms with E-state index in [4.69, 9.17) is 0 Å². The van der Waals surface area contributed by atoms with Crippen LogP contribution in [-0.2, 0) is 11.2 Å². The highest BCUT2D eigenvalue weighted by Crippen LogP contribution is 2.23. The maximum absolute atomic E-state index is 11.9. The Morgan fingerprint density at radius 1 is 1.35 bits per heavy atom. The Balaban J connectivity index is 1.69. The summed E-state index contributed by atoms with van der Waals surface area (Å²) >= 11 is 5.17. The standard InChI is InChI=1S/C15H22BrNO2S/c16-14-10-9-11(20-14)5-4-8-15(19)17-12-6-2-1-3-7-13(12)18/h9-10,12-13,18H,1-8H2,(H,17,19). The first-order chi connectivity index (χ1) is 9.65. The van der Waals surface area contributed by atoms with Crippen LogP contribution < -0.4 is 5.32 Å². The van der Waals surface area contributed by atoms with E-state index in [-0.39, 0.29) is 18.1 Å². The third kappa shape index (κ3) is 5.19. The first-order valence-electron chi connectivity index (χ1n) is 7.37. The number of amides is 1. The highest BCUT2D eigenvalue weighted by molar-refractivity contribution is 9.11. The lowest BCUT2D eigenvalue weighted by molar-refractivity contribution is -0.122. The summed E-state index contributed by atoms with van der Waals surface area (Å²) in [7, 11) is 0. The van der Waals surface area contributed by atoms with Gasteiger partial charge in [-0.3, -0.25) is 4.79 Å². The van der Waals surface area contributed by atoms with Gasteiger partial charge >= 0.3 is 0 Å². The second-order valence-corrected chi connectivity index (χ2v) is 7.99. The summed E-state index contributed by atoms with van der Waals surface area (Å²) in [5, 5.41) is 13.0. The van der Waals surface area contributed by atoms with Gasteiger partial charge in [-0.2, -0.15) is 0 Å². The summed E-state index contributed by atoms with van der Waals surface area (Å²) in [4.78, 5) is 13.2. The van der Waals surface area contributed by atoms with Crippen molar-refractivity contribution >= 4 is 33.2 Å². The van der Waals surface area contributed by atoms with Crippen molar-refractivity contribution in [3.05, 3.63) is 20.8 Å². The van der Waals surface area contributed by atoms with E-state index in [9.17, 15) is 9.90 Å². The van der Waals surface area contributed by atoms with Gasteiger partial charge in [-0.1, -0.05) is 19.3 Å². The van der Waals surface area contributed by atoms with Crippen LogP contribution in [0.5, 0.6) is 0 Å². The van der Waals surface area contributed by atoms with Gasteiger partial charge in [-0.15, -0.1) is 11.3 Å². The molecule has 0 aromatic carbocycles. The van der Waals surface area contributed by atoms with Gasteiger partial charge in [0.25, 0.3) is 0 Å². The van der Waals surface area contributed by atoms with Gasteiger partial charge in [0.1, 0.15) is 0 Å². The molecule has 1 fully saturated rings. The molecule has 2 rings (SSSR count). The summed E-state index contributed by atoms with van der Waals surface area (Å²) < 4.78 is 1.14. The Morgan fingerprint density at radius 2 is 2.15 bits per heavy atom. The number of carbonyl (C=O) groups excluding carboxylic acids is 1. The second kappa shape index (κ2) is 8.15. The minimum atomic E-state index is -0.366. The molecule has 112 valence electrons. The molecule has 1 aromatic rings. The van der Waals surface area contributed by atoms with E-state index in [1.807, 2.05) is 6.07 Å². The molecule has 0 radical (unpaired) electrons. The number of nitrogens with one attached hydrogen (secondary N) is 1. The smallest absolute Gasteiger partial charge is 0.220 e. The van der Waals surface area contributed by atoms with Crippen molar-refractivity contribution in [2.24, 2.45) is 0 Å². The number of halogens is 1. The van der Waals surface area contributed by atoms with Gasteiger partial charge in [0, 0.05) is 11.3 Å². The lowest BCUT2D eigenvalue weighted by Crippen LogP contribution is -2.42. The molecule has 0 aliphatic heterocycles. The molecule has 0 spiro atoms. The first-order valence-corrected chi connectivity index (χ1v) is 8.98. The predicted octanol–water partition coefficient (Wildman–Crippen LogP) is 3.64. The van der Waals surface area contributed by atoms with Crippen molar-refractivity contribution in [1.82, 2.24) is 5.32 Å². The van der Waals surface area contributed by atoms with Crippen LogP contribution in [0.2, 0.25) is 0 Å². The van der Waals surface area contributed by atoms with E-state index in [0.29, 0.717) is 6.42 Å². The fraction of sp³-hybridized carbons (Fsp3) is 0.667. The Kier molecular flexibility index (Phi) is 6.52. The van der Waals surface area contributed by atoms with Crippen molar-refractivity contribution in [1.29, 1.82) is 0 Å². The van der Waals surface area contributed by atoms with E-state index in [1.165, 1.54) is 4.88 Å². The number of carbonyl (C=O) groups is 1. The molecule has 2 N–H and O–H groups in total. The molecule has 20 heavy (non-hydrogen) atoms. The largest absolute Gasteiger partial charge is 0.391 e. The number of hydrogen-bond acceptors (Lipinski definition) is 3. The molecular formula is C15H22BrNO2S. The van der Waals surface area contributed by atoms with E-state index in [1.54, 1.807) is 11.3 Å². The van der Waals surface area contributed by atoms with Crippen LogP contribution in [0.3, 0.4) is 0 Å². The molecule has 0 saturated heterocycles. The zero-order valence-electron chi connectivity index (χ0n) is 11.6. The van der Waals surface area contributed by atoms with Crippen molar-refractivity contribution in [2.75, 3.05) is 0 Å². The van der Waals surface area contributed by atoms with E-state index in [0.717, 1.165) is 48.7 Å². The lowest BCUT2D eigenvalue weighted by atomic mass is 10.1. The quantitative estimate of drug-likeness (QED) is 0.788. The highest BCUT2D eigenvalue weighted by atomic mass is 79.9. The number of rotatable bonds is 5. The van der Waals surface area contributed by atoms with Crippen LogP contribution in [0.4, 0.5) is 0 Å². The molecule has 1 saturated carbocycles. The Hall–Kier alpha value is -0.390. The van der Waals surface area contributed by atoms with E-state index in [2.05, 4.69) is 27.3 Å². The zero-order chi connectivity index (χ0) is 14.4. The number of aliphatic hydroxyl groups excluding tert-OH is 1. The first kappa shape index (κ1) is 16.0. The molecule has 5 heteroatoms. The van der Waals surface area contributed by atoms with Gasteiger partial charge < -0.3 is 10.4 Å². The number of hydrogen-bond donors (Lipinski definition) is 2. The third-order valence-corrected chi connectivity index (χ3v) is 5.47. The lowest BCUT2D eigenvalue weighted by Gasteiger charge is -2.21. The number of thiophene rings is 1. The average Bonchev–Trinajstić information content (AvgIpc) is 2.71. The maximum atomic E-state index is 11.9. The van der Waals surface area contributed by atoms with Crippen molar-refractivity contribution < 1.29 is 9.90 Å². The average molecular weight is 360 g/mol. The van der Waals surface area contributed by atoms with E-state index < -0.39 is 0 Å². The minimum Gasteiger partial charge on any atom is -0.391 e. The van der Waals surface area contributed by atoms with Crippen LogP contribution >= 0.6 is 27.3 Å². The fourth-order valence-corrected chi connectivity index (χ4v) is 4.17. The fourth-order valence-electron chi connectivity index (χ4n) is 2.64. The van der Waals surface area contributed by atoms with Gasteiger partial charge in [0.15, 0.2) is 0 Å². The minimum absolute atomic E-state index is 0.0408. The Bertz CT molecular complexity index is 435. The second-order valence-electron chi connectivity index (χ2n) is 5.44. The molecule has 1 aliphatic carbocycles.